The molecule has 0 N–H and O–H groups in total. The topological polar surface area (TPSA) is 33.2 Å². The first-order valence-corrected chi connectivity index (χ1v) is 9.79. The summed E-state index contributed by atoms with van der Waals surface area (Å²) in [6.45, 7) is 2.41. The van der Waals surface area contributed by atoms with Crippen molar-refractivity contribution in [1.82, 2.24) is 4.98 Å². The zero-order valence-electron chi connectivity index (χ0n) is 14.7. The molecule has 134 valence electrons. The van der Waals surface area contributed by atoms with Crippen molar-refractivity contribution in [2.75, 3.05) is 4.90 Å². The molecule has 3 aromatic carbocycles. The maximum absolute atomic E-state index is 13.2. The average Bonchev–Trinajstić information content (AvgIpc) is 3.15. The van der Waals surface area contributed by atoms with Gasteiger partial charge in [-0.15, -0.1) is 0 Å². The highest BCUT2D eigenvalue weighted by molar-refractivity contribution is 7.22. The van der Waals surface area contributed by atoms with E-state index in [-0.39, 0.29) is 5.91 Å². The molecule has 0 bridgehead atoms. The normalized spacial score (nSPS) is 10.9. The molecule has 4 aromatic rings. The number of fused-ring (bicyclic) bond motifs is 1. The summed E-state index contributed by atoms with van der Waals surface area (Å²) in [6, 6.07) is 23.1. The van der Waals surface area contributed by atoms with Crippen molar-refractivity contribution in [3.05, 3.63) is 94.5 Å². The lowest BCUT2D eigenvalue weighted by Gasteiger charge is -2.20. The van der Waals surface area contributed by atoms with Crippen LogP contribution in [0.1, 0.15) is 21.5 Å². The van der Waals surface area contributed by atoms with Crippen molar-refractivity contribution in [1.29, 1.82) is 0 Å². The lowest BCUT2D eigenvalue weighted by atomic mass is 10.1. The third kappa shape index (κ3) is 3.59. The van der Waals surface area contributed by atoms with Gasteiger partial charge in [-0.05, 0) is 42.3 Å². The number of aryl methyl sites for hydroxylation is 1. The Morgan fingerprint density at radius 1 is 1.00 bits per heavy atom. The molecule has 0 saturated heterocycles. The molecule has 4 rings (SSSR count). The fraction of sp³-hybridized carbons (Fsp3) is 0.0909. The van der Waals surface area contributed by atoms with Gasteiger partial charge in [0.05, 0.1) is 16.8 Å². The van der Waals surface area contributed by atoms with Crippen LogP contribution in [0.15, 0.2) is 72.8 Å². The van der Waals surface area contributed by atoms with Crippen LogP contribution < -0.4 is 4.90 Å². The van der Waals surface area contributed by atoms with Crippen molar-refractivity contribution in [3.8, 4) is 0 Å². The SMILES string of the molecule is Cc1c(Cl)ccc2sc(N(Cc3ccccc3)C(=O)c3ccccc3)nc12. The lowest BCUT2D eigenvalue weighted by Crippen LogP contribution is -2.30. The van der Waals surface area contributed by atoms with E-state index in [0.29, 0.717) is 22.3 Å². The summed E-state index contributed by atoms with van der Waals surface area (Å²) in [5.74, 6) is -0.0674. The maximum Gasteiger partial charge on any atom is 0.260 e. The predicted molar refractivity (Wildman–Crippen MR) is 113 cm³/mol. The molecular formula is C22H17ClN2OS. The number of amides is 1. The first-order chi connectivity index (χ1) is 13.1. The van der Waals surface area contributed by atoms with Crippen molar-refractivity contribution < 1.29 is 4.79 Å². The number of carbonyl (C=O) groups is 1. The van der Waals surface area contributed by atoms with E-state index in [1.807, 2.05) is 79.7 Å². The second-order valence-electron chi connectivity index (χ2n) is 6.26. The van der Waals surface area contributed by atoms with Crippen molar-refractivity contribution in [2.45, 2.75) is 13.5 Å². The minimum atomic E-state index is -0.0674. The van der Waals surface area contributed by atoms with Crippen LogP contribution in [0.2, 0.25) is 5.02 Å². The molecule has 0 spiro atoms. The molecule has 5 heteroatoms. The Labute approximate surface area is 166 Å². The van der Waals surface area contributed by atoms with Gasteiger partial charge in [-0.25, -0.2) is 4.98 Å². The number of hydrogen-bond acceptors (Lipinski definition) is 3. The third-order valence-electron chi connectivity index (χ3n) is 4.42. The number of hydrogen-bond donors (Lipinski definition) is 0. The molecule has 1 aromatic heterocycles. The quantitative estimate of drug-likeness (QED) is 0.420. The van der Waals surface area contributed by atoms with Crippen LogP contribution in [0, 0.1) is 6.92 Å². The van der Waals surface area contributed by atoms with E-state index in [0.717, 1.165) is 21.3 Å². The zero-order valence-corrected chi connectivity index (χ0v) is 16.3. The van der Waals surface area contributed by atoms with Crippen LogP contribution in [-0.2, 0) is 6.54 Å². The van der Waals surface area contributed by atoms with Gasteiger partial charge in [0, 0.05) is 10.6 Å². The van der Waals surface area contributed by atoms with Gasteiger partial charge < -0.3 is 0 Å². The second kappa shape index (κ2) is 7.51. The number of anilines is 1. The Kier molecular flexibility index (Phi) is 4.92. The van der Waals surface area contributed by atoms with E-state index in [1.165, 1.54) is 11.3 Å². The molecule has 0 aliphatic heterocycles. The molecule has 0 atom stereocenters. The Morgan fingerprint density at radius 2 is 1.67 bits per heavy atom. The molecule has 1 heterocycles. The predicted octanol–water partition coefficient (Wildman–Crippen LogP) is 6.11. The highest BCUT2D eigenvalue weighted by Gasteiger charge is 2.22. The van der Waals surface area contributed by atoms with Gasteiger partial charge in [0.2, 0.25) is 0 Å². The summed E-state index contributed by atoms with van der Waals surface area (Å²) in [5, 5.41) is 1.36. The number of nitrogens with zero attached hydrogens (tertiary/aromatic N) is 2. The maximum atomic E-state index is 13.2. The van der Waals surface area contributed by atoms with Gasteiger partial charge in [-0.1, -0.05) is 71.5 Å². The fourth-order valence-electron chi connectivity index (χ4n) is 2.93. The smallest absolute Gasteiger partial charge is 0.260 e. The lowest BCUT2D eigenvalue weighted by molar-refractivity contribution is 0.0985. The van der Waals surface area contributed by atoms with Crippen LogP contribution in [0.5, 0.6) is 0 Å². The number of thiazole rings is 1. The van der Waals surface area contributed by atoms with E-state index >= 15 is 0 Å². The summed E-state index contributed by atoms with van der Waals surface area (Å²) in [4.78, 5) is 19.7. The Morgan fingerprint density at radius 3 is 2.37 bits per heavy atom. The number of halogens is 1. The van der Waals surface area contributed by atoms with Crippen LogP contribution in [-0.4, -0.2) is 10.9 Å². The van der Waals surface area contributed by atoms with Crippen LogP contribution in [0.3, 0.4) is 0 Å². The highest BCUT2D eigenvalue weighted by Crippen LogP contribution is 2.34. The number of carbonyl (C=O) groups excluding carboxylic acids is 1. The molecule has 0 aliphatic carbocycles. The van der Waals surface area contributed by atoms with Gasteiger partial charge in [-0.3, -0.25) is 9.69 Å². The average molecular weight is 393 g/mol. The number of benzene rings is 3. The summed E-state index contributed by atoms with van der Waals surface area (Å²) in [5.41, 5.74) is 3.48. The molecule has 27 heavy (non-hydrogen) atoms. The first kappa shape index (κ1) is 17.7. The molecule has 0 unspecified atom stereocenters. The summed E-state index contributed by atoms with van der Waals surface area (Å²) in [6.07, 6.45) is 0. The van der Waals surface area contributed by atoms with E-state index in [9.17, 15) is 4.79 Å². The summed E-state index contributed by atoms with van der Waals surface area (Å²) in [7, 11) is 0. The second-order valence-corrected chi connectivity index (χ2v) is 7.67. The fourth-order valence-corrected chi connectivity index (χ4v) is 4.11. The van der Waals surface area contributed by atoms with E-state index in [4.69, 9.17) is 16.6 Å². The Balaban J connectivity index is 1.80. The van der Waals surface area contributed by atoms with Crippen LogP contribution >= 0.6 is 22.9 Å². The van der Waals surface area contributed by atoms with Gasteiger partial charge in [0.1, 0.15) is 0 Å². The monoisotopic (exact) mass is 392 g/mol. The van der Waals surface area contributed by atoms with Crippen LogP contribution in [0.25, 0.3) is 10.2 Å². The summed E-state index contributed by atoms with van der Waals surface area (Å²) < 4.78 is 1.02. The molecular weight excluding hydrogens is 376 g/mol. The molecule has 3 nitrogen and oxygen atoms in total. The van der Waals surface area contributed by atoms with Gasteiger partial charge in [0.25, 0.3) is 5.91 Å². The summed E-state index contributed by atoms with van der Waals surface area (Å²) >= 11 is 7.75. The van der Waals surface area contributed by atoms with Crippen molar-refractivity contribution in [3.63, 3.8) is 0 Å². The molecule has 0 aliphatic rings. The number of aromatic nitrogens is 1. The minimum absolute atomic E-state index is 0.0674. The Bertz CT molecular complexity index is 1090. The number of rotatable bonds is 4. The van der Waals surface area contributed by atoms with E-state index in [1.54, 1.807) is 4.90 Å². The van der Waals surface area contributed by atoms with Crippen LogP contribution in [0.4, 0.5) is 5.13 Å². The molecule has 1 amide bonds. The highest BCUT2D eigenvalue weighted by atomic mass is 35.5. The van der Waals surface area contributed by atoms with Crippen molar-refractivity contribution >= 4 is 44.2 Å². The van der Waals surface area contributed by atoms with Gasteiger partial charge in [0.15, 0.2) is 5.13 Å². The van der Waals surface area contributed by atoms with E-state index < -0.39 is 0 Å². The third-order valence-corrected chi connectivity index (χ3v) is 5.87. The molecule has 0 radical (unpaired) electrons. The minimum Gasteiger partial charge on any atom is -0.279 e. The van der Waals surface area contributed by atoms with E-state index in [2.05, 4.69) is 0 Å². The molecule has 0 saturated carbocycles. The zero-order chi connectivity index (χ0) is 18.8. The largest absolute Gasteiger partial charge is 0.279 e. The standard InChI is InChI=1S/C22H17ClN2OS/c1-15-18(23)12-13-19-20(15)24-22(27-19)25(14-16-8-4-2-5-9-16)21(26)17-10-6-3-7-11-17/h2-13H,14H2,1H3. The molecule has 0 fully saturated rings. The van der Waals surface area contributed by atoms with Crippen molar-refractivity contribution in [2.24, 2.45) is 0 Å². The van der Waals surface area contributed by atoms with Gasteiger partial charge >= 0.3 is 0 Å². The van der Waals surface area contributed by atoms with Gasteiger partial charge in [-0.2, -0.15) is 0 Å². The Hall–Kier alpha value is -2.69. The first-order valence-electron chi connectivity index (χ1n) is 8.60.